The normalized spacial score (nSPS) is 14.8. The molecule has 0 saturated carbocycles. The third-order valence-electron chi connectivity index (χ3n) is 4.01. The van der Waals surface area contributed by atoms with Gasteiger partial charge in [0.15, 0.2) is 6.23 Å². The van der Waals surface area contributed by atoms with Crippen LogP contribution in [0, 0.1) is 12.7 Å². The monoisotopic (exact) mass is 405 g/mol. The molecule has 1 aromatic rings. The van der Waals surface area contributed by atoms with Crippen LogP contribution in [0.5, 0.6) is 0 Å². The SMILES string of the molecule is C=C/C(=C\C(OC(NC)c1c(C)ccc(F)c1Cl)=C(/C)N)CN=C(C)/C=C\C. The number of aliphatic imine (C=N–C) groups is 1. The van der Waals surface area contributed by atoms with Gasteiger partial charge in [-0.1, -0.05) is 36.4 Å². The number of halogens is 2. The second-order valence-electron chi connectivity index (χ2n) is 6.31. The van der Waals surface area contributed by atoms with Gasteiger partial charge in [0.05, 0.1) is 11.6 Å². The number of nitrogens with zero attached hydrogens (tertiary/aromatic N) is 1. The number of nitrogens with one attached hydrogen (secondary N) is 1. The van der Waals surface area contributed by atoms with E-state index in [0.717, 1.165) is 16.8 Å². The van der Waals surface area contributed by atoms with Crippen LogP contribution in [0.25, 0.3) is 0 Å². The van der Waals surface area contributed by atoms with Crippen molar-refractivity contribution in [1.82, 2.24) is 5.32 Å². The number of rotatable bonds is 9. The first-order valence-corrected chi connectivity index (χ1v) is 9.34. The van der Waals surface area contributed by atoms with Crippen molar-refractivity contribution in [2.24, 2.45) is 10.7 Å². The van der Waals surface area contributed by atoms with E-state index in [1.165, 1.54) is 6.07 Å². The molecule has 1 unspecified atom stereocenters. The van der Waals surface area contributed by atoms with Crippen molar-refractivity contribution in [1.29, 1.82) is 0 Å². The van der Waals surface area contributed by atoms with E-state index in [4.69, 9.17) is 22.1 Å². The molecule has 0 aliphatic rings. The van der Waals surface area contributed by atoms with Crippen LogP contribution in [-0.2, 0) is 4.74 Å². The van der Waals surface area contributed by atoms with Crippen LogP contribution >= 0.6 is 11.6 Å². The Labute approximate surface area is 172 Å². The summed E-state index contributed by atoms with van der Waals surface area (Å²) in [7, 11) is 1.71. The maximum atomic E-state index is 14.0. The lowest BCUT2D eigenvalue weighted by molar-refractivity contribution is 0.0989. The largest absolute Gasteiger partial charge is 0.469 e. The molecule has 1 atom stereocenters. The van der Waals surface area contributed by atoms with E-state index in [-0.39, 0.29) is 5.02 Å². The lowest BCUT2D eigenvalue weighted by Crippen LogP contribution is -2.22. The van der Waals surface area contributed by atoms with Gasteiger partial charge < -0.3 is 10.5 Å². The average Bonchev–Trinajstić information content (AvgIpc) is 2.65. The summed E-state index contributed by atoms with van der Waals surface area (Å²) in [5.41, 5.74) is 9.56. The summed E-state index contributed by atoms with van der Waals surface area (Å²) in [6.07, 6.45) is 6.66. The Morgan fingerprint density at radius 3 is 2.64 bits per heavy atom. The number of nitrogens with two attached hydrogens (primary N) is 1. The van der Waals surface area contributed by atoms with Crippen LogP contribution in [0.15, 0.2) is 65.0 Å². The molecule has 0 aliphatic heterocycles. The Hall–Kier alpha value is -2.37. The van der Waals surface area contributed by atoms with Gasteiger partial charge in [-0.2, -0.15) is 0 Å². The number of aryl methyl sites for hydroxylation is 1. The highest BCUT2D eigenvalue weighted by atomic mass is 35.5. The summed E-state index contributed by atoms with van der Waals surface area (Å²) in [6, 6.07) is 2.99. The Bertz CT molecular complexity index is 821. The van der Waals surface area contributed by atoms with Crippen molar-refractivity contribution in [3.8, 4) is 0 Å². The van der Waals surface area contributed by atoms with E-state index in [9.17, 15) is 4.39 Å². The molecule has 0 amide bonds. The molecule has 6 heteroatoms. The quantitative estimate of drug-likeness (QED) is 0.251. The molecule has 0 fully saturated rings. The molecular formula is C22H29ClFN3O. The number of allylic oxidation sites excluding steroid dienone is 4. The van der Waals surface area contributed by atoms with Crippen LogP contribution in [0.3, 0.4) is 0 Å². The fraction of sp³-hybridized carbons (Fsp3) is 0.318. The predicted octanol–water partition coefficient (Wildman–Crippen LogP) is 5.36. The Kier molecular flexibility index (Phi) is 9.69. The standard InChI is InChI=1S/C22H29ClFN3O/c1-7-9-15(4)27-13-17(8-2)12-19(16(5)25)28-22(26-6)20-14(3)10-11-18(24)21(20)23/h7-12,22,26H,2,13,25H2,1,3-6H3/b9-7-,17-12+,19-16-,27-15?. The van der Waals surface area contributed by atoms with Crippen LogP contribution in [0.2, 0.25) is 5.02 Å². The maximum absolute atomic E-state index is 14.0. The first-order valence-electron chi connectivity index (χ1n) is 8.96. The van der Waals surface area contributed by atoms with E-state index < -0.39 is 12.0 Å². The smallest absolute Gasteiger partial charge is 0.178 e. The number of benzene rings is 1. The molecule has 0 bridgehead atoms. The topological polar surface area (TPSA) is 59.6 Å². The van der Waals surface area contributed by atoms with Gasteiger partial charge in [0.2, 0.25) is 0 Å². The Morgan fingerprint density at radius 2 is 2.11 bits per heavy atom. The van der Waals surface area contributed by atoms with Gasteiger partial charge in [-0.3, -0.25) is 10.3 Å². The minimum atomic E-state index is -0.674. The van der Waals surface area contributed by atoms with Crippen molar-refractivity contribution >= 4 is 17.3 Å². The number of hydrogen-bond donors (Lipinski definition) is 2. The lowest BCUT2D eigenvalue weighted by Gasteiger charge is -2.23. The third-order valence-corrected chi connectivity index (χ3v) is 4.39. The highest BCUT2D eigenvalue weighted by Gasteiger charge is 2.21. The van der Waals surface area contributed by atoms with E-state index in [1.54, 1.807) is 32.2 Å². The minimum absolute atomic E-state index is 0.0212. The third kappa shape index (κ3) is 6.66. The zero-order valence-corrected chi connectivity index (χ0v) is 17.9. The van der Waals surface area contributed by atoms with Crippen LogP contribution in [-0.4, -0.2) is 19.3 Å². The maximum Gasteiger partial charge on any atom is 0.178 e. The van der Waals surface area contributed by atoms with Gasteiger partial charge in [-0.25, -0.2) is 4.39 Å². The van der Waals surface area contributed by atoms with Crippen molar-refractivity contribution in [3.05, 3.63) is 82.0 Å². The molecule has 4 nitrogen and oxygen atoms in total. The van der Waals surface area contributed by atoms with Crippen molar-refractivity contribution in [2.75, 3.05) is 13.6 Å². The molecule has 152 valence electrons. The molecule has 28 heavy (non-hydrogen) atoms. The molecule has 3 N–H and O–H groups in total. The first-order chi connectivity index (χ1) is 13.2. The zero-order valence-electron chi connectivity index (χ0n) is 17.1. The van der Waals surface area contributed by atoms with E-state index in [2.05, 4.69) is 16.9 Å². The molecular weight excluding hydrogens is 377 g/mol. The van der Waals surface area contributed by atoms with Gasteiger partial charge in [-0.05, 0) is 64.1 Å². The molecule has 0 spiro atoms. The summed E-state index contributed by atoms with van der Waals surface area (Å²) in [4.78, 5) is 4.48. The van der Waals surface area contributed by atoms with Gasteiger partial charge in [0, 0.05) is 17.0 Å². The van der Waals surface area contributed by atoms with Gasteiger partial charge in [0.1, 0.15) is 11.6 Å². The molecule has 1 rings (SSSR count). The van der Waals surface area contributed by atoms with Gasteiger partial charge in [-0.15, -0.1) is 0 Å². The molecule has 1 aromatic carbocycles. The highest BCUT2D eigenvalue weighted by Crippen LogP contribution is 2.31. The average molecular weight is 406 g/mol. The summed E-state index contributed by atoms with van der Waals surface area (Å²) < 4.78 is 20.0. The fourth-order valence-corrected chi connectivity index (χ4v) is 2.77. The summed E-state index contributed by atoms with van der Waals surface area (Å²) in [5.74, 6) is -0.0647. The number of hydrogen-bond acceptors (Lipinski definition) is 4. The van der Waals surface area contributed by atoms with Crippen molar-refractivity contribution in [2.45, 2.75) is 33.9 Å². The summed E-state index contributed by atoms with van der Waals surface area (Å²) in [5, 5.41) is 3.04. The van der Waals surface area contributed by atoms with Crippen molar-refractivity contribution in [3.63, 3.8) is 0 Å². The summed E-state index contributed by atoms with van der Waals surface area (Å²) >= 11 is 6.18. The first kappa shape index (κ1) is 23.7. The van der Waals surface area contributed by atoms with Crippen LogP contribution in [0.1, 0.15) is 38.1 Å². The molecule has 0 saturated heterocycles. The molecule has 0 heterocycles. The minimum Gasteiger partial charge on any atom is -0.469 e. The molecule has 0 radical (unpaired) electrons. The second-order valence-corrected chi connectivity index (χ2v) is 6.68. The van der Waals surface area contributed by atoms with Gasteiger partial charge in [0.25, 0.3) is 0 Å². The van der Waals surface area contributed by atoms with E-state index >= 15 is 0 Å². The summed E-state index contributed by atoms with van der Waals surface area (Å²) in [6.45, 7) is 11.7. The van der Waals surface area contributed by atoms with Gasteiger partial charge >= 0.3 is 0 Å². The van der Waals surface area contributed by atoms with E-state index in [0.29, 0.717) is 23.6 Å². The van der Waals surface area contributed by atoms with Crippen LogP contribution < -0.4 is 11.1 Å². The second kappa shape index (κ2) is 11.5. The van der Waals surface area contributed by atoms with Crippen molar-refractivity contribution < 1.29 is 9.13 Å². The van der Waals surface area contributed by atoms with E-state index in [1.807, 2.05) is 32.9 Å². The number of ether oxygens (including phenoxy) is 1. The molecule has 0 aromatic heterocycles. The zero-order chi connectivity index (χ0) is 21.3. The lowest BCUT2D eigenvalue weighted by atomic mass is 10.1. The van der Waals surface area contributed by atoms with Crippen LogP contribution in [0.4, 0.5) is 4.39 Å². The Balaban J connectivity index is 3.22. The fourth-order valence-electron chi connectivity index (χ4n) is 2.46. The highest BCUT2D eigenvalue weighted by molar-refractivity contribution is 6.31. The Morgan fingerprint density at radius 1 is 1.43 bits per heavy atom. The predicted molar refractivity (Wildman–Crippen MR) is 117 cm³/mol. The molecule has 0 aliphatic carbocycles.